The molecule has 1 heterocycles. The van der Waals surface area contributed by atoms with E-state index >= 15 is 4.39 Å². The molecule has 0 spiro atoms. The van der Waals surface area contributed by atoms with Crippen LogP contribution in [0.3, 0.4) is 0 Å². The second-order valence-electron chi connectivity index (χ2n) is 6.03. The molecule has 2 atom stereocenters. The van der Waals surface area contributed by atoms with E-state index in [-0.39, 0.29) is 12.4 Å². The van der Waals surface area contributed by atoms with Crippen LogP contribution in [0.5, 0.6) is 17.2 Å². The van der Waals surface area contributed by atoms with Crippen molar-refractivity contribution in [3.63, 3.8) is 0 Å². The van der Waals surface area contributed by atoms with E-state index in [1.807, 2.05) is 0 Å². The van der Waals surface area contributed by atoms with Gasteiger partial charge in [-0.2, -0.15) is 0 Å². The molecule has 1 aliphatic heterocycles. The topological polar surface area (TPSA) is 71.1 Å². The van der Waals surface area contributed by atoms with Gasteiger partial charge in [0.15, 0.2) is 11.5 Å². The quantitative estimate of drug-likeness (QED) is 0.621. The number of carbonyl (C=O) groups is 2. The molecule has 7 heteroatoms. The fraction of sp³-hybridized carbons (Fsp3) is 0.263. The molecule has 26 heavy (non-hydrogen) atoms. The van der Waals surface area contributed by atoms with Gasteiger partial charge in [-0.3, -0.25) is 4.79 Å². The minimum atomic E-state index is -2.86. The highest BCUT2D eigenvalue weighted by molar-refractivity contribution is 6.20. The van der Waals surface area contributed by atoms with Crippen molar-refractivity contribution >= 4 is 11.8 Å². The van der Waals surface area contributed by atoms with Gasteiger partial charge in [0.05, 0.1) is 20.1 Å². The van der Waals surface area contributed by atoms with Gasteiger partial charge in [0.25, 0.3) is 5.67 Å². The Balaban J connectivity index is 1.93. The Morgan fingerprint density at radius 3 is 2.42 bits per heavy atom. The lowest BCUT2D eigenvalue weighted by Crippen LogP contribution is -2.44. The molecule has 4 rings (SSSR count). The fourth-order valence-corrected chi connectivity index (χ4v) is 3.50. The maximum Gasteiger partial charge on any atom is 0.352 e. The Morgan fingerprint density at radius 2 is 1.81 bits per heavy atom. The number of benzene rings is 2. The van der Waals surface area contributed by atoms with E-state index in [0.29, 0.717) is 28.4 Å². The molecular formula is C19H15FO6. The van der Waals surface area contributed by atoms with E-state index in [9.17, 15) is 9.59 Å². The molecule has 2 aromatic carbocycles. The number of Topliss-reactive ketones (excluding diaryl/α,β-unsaturated/α-hetero) is 1. The Hall–Kier alpha value is -3.09. The highest BCUT2D eigenvalue weighted by Gasteiger charge is 2.61. The van der Waals surface area contributed by atoms with E-state index in [4.69, 9.17) is 14.2 Å². The Labute approximate surface area is 148 Å². The molecule has 0 radical (unpaired) electrons. The van der Waals surface area contributed by atoms with Crippen LogP contribution in [-0.4, -0.2) is 38.4 Å². The second-order valence-corrected chi connectivity index (χ2v) is 6.03. The van der Waals surface area contributed by atoms with Crippen LogP contribution in [0.1, 0.15) is 27.4 Å². The van der Waals surface area contributed by atoms with E-state index in [2.05, 4.69) is 4.74 Å². The van der Waals surface area contributed by atoms with Gasteiger partial charge in [0, 0.05) is 5.56 Å². The number of alkyl halides is 1. The van der Waals surface area contributed by atoms with Gasteiger partial charge >= 0.3 is 5.97 Å². The number of hydrogen-bond acceptors (Lipinski definition) is 6. The lowest BCUT2D eigenvalue weighted by atomic mass is 9.83. The molecule has 0 unspecified atom stereocenters. The van der Waals surface area contributed by atoms with Gasteiger partial charge in [-0.1, -0.05) is 12.1 Å². The number of rotatable bonds is 3. The fourth-order valence-electron chi connectivity index (χ4n) is 3.50. The lowest BCUT2D eigenvalue weighted by molar-refractivity contribution is -0.151. The summed E-state index contributed by atoms with van der Waals surface area (Å²) in [5.74, 6) is -2.01. The van der Waals surface area contributed by atoms with Crippen LogP contribution >= 0.6 is 0 Å². The van der Waals surface area contributed by atoms with Gasteiger partial charge in [-0.25, -0.2) is 9.18 Å². The lowest BCUT2D eigenvalue weighted by Gasteiger charge is -2.24. The van der Waals surface area contributed by atoms with Gasteiger partial charge in [0.1, 0.15) is 5.75 Å². The van der Waals surface area contributed by atoms with Crippen molar-refractivity contribution < 1.29 is 32.9 Å². The molecule has 2 aromatic rings. The summed E-state index contributed by atoms with van der Waals surface area (Å²) in [6.07, 6.45) is 0. The zero-order chi connectivity index (χ0) is 18.5. The summed E-state index contributed by atoms with van der Waals surface area (Å²) in [4.78, 5) is 25.1. The summed E-state index contributed by atoms with van der Waals surface area (Å²) in [5, 5.41) is 0. The number of fused-ring (bicyclic) bond motifs is 2. The van der Waals surface area contributed by atoms with Crippen LogP contribution in [-0.2, 0) is 9.53 Å². The molecule has 0 N–H and O–H groups in total. The van der Waals surface area contributed by atoms with Crippen LogP contribution in [0, 0.1) is 0 Å². The summed E-state index contributed by atoms with van der Waals surface area (Å²) in [6.45, 7) is 0.0252. The molecule has 2 aliphatic rings. The Morgan fingerprint density at radius 1 is 1.15 bits per heavy atom. The van der Waals surface area contributed by atoms with Gasteiger partial charge in [-0.05, 0) is 35.4 Å². The number of methoxy groups -OCH3 is 2. The molecular weight excluding hydrogens is 343 g/mol. The summed E-state index contributed by atoms with van der Waals surface area (Å²) in [7, 11) is 2.56. The van der Waals surface area contributed by atoms with Gasteiger partial charge < -0.3 is 18.9 Å². The first kappa shape index (κ1) is 16.4. The van der Waals surface area contributed by atoms with Crippen molar-refractivity contribution in [2.75, 3.05) is 21.0 Å². The van der Waals surface area contributed by atoms with Crippen molar-refractivity contribution in [1.29, 1.82) is 0 Å². The monoisotopic (exact) mass is 358 g/mol. The van der Waals surface area contributed by atoms with Gasteiger partial charge in [0.2, 0.25) is 12.6 Å². The Kier molecular flexibility index (Phi) is 3.61. The molecule has 0 saturated heterocycles. The number of carbonyl (C=O) groups excluding carboxylic acids is 2. The van der Waals surface area contributed by atoms with Crippen LogP contribution in [0.25, 0.3) is 0 Å². The van der Waals surface area contributed by atoms with Gasteiger partial charge in [-0.15, -0.1) is 0 Å². The van der Waals surface area contributed by atoms with Crippen LogP contribution in [0.15, 0.2) is 36.4 Å². The molecule has 0 saturated carbocycles. The molecule has 0 amide bonds. The van der Waals surface area contributed by atoms with Crippen molar-refractivity contribution in [2.45, 2.75) is 11.6 Å². The minimum Gasteiger partial charge on any atom is -0.497 e. The first-order chi connectivity index (χ1) is 12.5. The van der Waals surface area contributed by atoms with Crippen molar-refractivity contribution in [3.8, 4) is 17.2 Å². The number of ketones is 1. The summed E-state index contributed by atoms with van der Waals surface area (Å²) >= 11 is 0. The third-order valence-corrected chi connectivity index (χ3v) is 4.76. The van der Waals surface area contributed by atoms with Crippen molar-refractivity contribution in [1.82, 2.24) is 0 Å². The third kappa shape index (κ3) is 2.09. The maximum absolute atomic E-state index is 15.9. The SMILES string of the molecule is COC(=O)[C@@]1(F)C(=O)c2cc3c(cc2[C@H]1c1ccc(OC)cc1)OCO3. The molecule has 134 valence electrons. The smallest absolute Gasteiger partial charge is 0.352 e. The number of hydrogen-bond donors (Lipinski definition) is 0. The summed E-state index contributed by atoms with van der Waals surface area (Å²) in [6, 6.07) is 9.49. The van der Waals surface area contributed by atoms with Crippen molar-refractivity contribution in [2.24, 2.45) is 0 Å². The average molecular weight is 358 g/mol. The molecule has 0 aromatic heterocycles. The largest absolute Gasteiger partial charge is 0.497 e. The standard InChI is InChI=1S/C19H15FO6/c1-23-11-5-3-10(4-6-11)16-12-7-14-15(26-9-25-14)8-13(12)17(21)19(16,20)18(22)24-2/h3-8,16H,9H2,1-2H3/t16-,19+/m1/s1. The second kappa shape index (κ2) is 5.72. The predicted molar refractivity (Wildman–Crippen MR) is 87.6 cm³/mol. The molecule has 0 bridgehead atoms. The first-order valence-electron chi connectivity index (χ1n) is 7.90. The predicted octanol–water partition coefficient (Wildman–Crippen LogP) is 2.63. The van der Waals surface area contributed by atoms with Crippen molar-refractivity contribution in [3.05, 3.63) is 53.1 Å². The maximum atomic E-state index is 15.9. The summed E-state index contributed by atoms with van der Waals surface area (Å²) in [5.41, 5.74) is -1.97. The highest BCUT2D eigenvalue weighted by Crippen LogP contribution is 2.51. The van der Waals surface area contributed by atoms with Crippen LogP contribution < -0.4 is 14.2 Å². The highest BCUT2D eigenvalue weighted by atomic mass is 19.1. The molecule has 1 aliphatic carbocycles. The normalized spacial score (nSPS) is 22.9. The summed E-state index contributed by atoms with van der Waals surface area (Å²) < 4.78 is 36.2. The third-order valence-electron chi connectivity index (χ3n) is 4.76. The number of ether oxygens (including phenoxy) is 4. The minimum absolute atomic E-state index is 0.0252. The Bertz CT molecular complexity index is 907. The molecule has 0 fully saturated rings. The van der Waals surface area contributed by atoms with Crippen LogP contribution in [0.4, 0.5) is 4.39 Å². The van der Waals surface area contributed by atoms with E-state index in [0.717, 1.165) is 7.11 Å². The molecule has 6 nitrogen and oxygen atoms in total. The average Bonchev–Trinajstić information content (AvgIpc) is 3.21. The zero-order valence-corrected chi connectivity index (χ0v) is 14.1. The van der Waals surface area contributed by atoms with E-state index in [1.54, 1.807) is 30.3 Å². The number of halogens is 1. The number of esters is 1. The van der Waals surface area contributed by atoms with E-state index in [1.165, 1.54) is 13.2 Å². The van der Waals surface area contributed by atoms with E-state index < -0.39 is 23.3 Å². The zero-order valence-electron chi connectivity index (χ0n) is 14.1. The van der Waals surface area contributed by atoms with Crippen LogP contribution in [0.2, 0.25) is 0 Å². The first-order valence-corrected chi connectivity index (χ1v) is 7.90.